The molecule has 5 N–H and O–H groups in total. The minimum atomic E-state index is -3.66. The van der Waals surface area contributed by atoms with Gasteiger partial charge in [-0.05, 0) is 18.2 Å². The van der Waals surface area contributed by atoms with Crippen LogP contribution in [0.15, 0.2) is 27.8 Å². The Labute approximate surface area is 107 Å². The van der Waals surface area contributed by atoms with Crippen LogP contribution in [-0.2, 0) is 10.2 Å². The van der Waals surface area contributed by atoms with E-state index < -0.39 is 10.2 Å². The number of rotatable bonds is 4. The second-order valence-corrected chi connectivity index (χ2v) is 5.52. The van der Waals surface area contributed by atoms with Gasteiger partial charge in [0.15, 0.2) is 5.84 Å². The first-order valence-corrected chi connectivity index (χ1v) is 6.66. The molecular formula is C8H11BrN4O3S. The van der Waals surface area contributed by atoms with Crippen molar-refractivity contribution in [3.63, 3.8) is 0 Å². The lowest BCUT2D eigenvalue weighted by atomic mass is 10.2. The molecule has 1 aromatic rings. The quantitative estimate of drug-likeness (QED) is 0.278. The normalized spacial score (nSPS) is 12.5. The van der Waals surface area contributed by atoms with E-state index in [1.165, 1.54) is 19.2 Å². The summed E-state index contributed by atoms with van der Waals surface area (Å²) in [5.41, 5.74) is 5.92. The maximum atomic E-state index is 11.3. The van der Waals surface area contributed by atoms with Gasteiger partial charge in [-0.15, -0.1) is 0 Å². The predicted octanol–water partition coefficient (Wildman–Crippen LogP) is 0.420. The summed E-state index contributed by atoms with van der Waals surface area (Å²) in [5, 5.41) is 11.4. The molecule has 0 aliphatic carbocycles. The third kappa shape index (κ3) is 3.58. The summed E-state index contributed by atoms with van der Waals surface area (Å²) in [6, 6.07) is 4.65. The molecule has 0 saturated carbocycles. The van der Waals surface area contributed by atoms with Gasteiger partial charge >= 0.3 is 0 Å². The van der Waals surface area contributed by atoms with Crippen LogP contribution in [0.25, 0.3) is 0 Å². The van der Waals surface area contributed by atoms with Gasteiger partial charge in [-0.3, -0.25) is 4.72 Å². The Morgan fingerprint density at radius 2 is 2.18 bits per heavy atom. The third-order valence-corrected chi connectivity index (χ3v) is 3.40. The van der Waals surface area contributed by atoms with Crippen molar-refractivity contribution in [3.05, 3.63) is 28.2 Å². The predicted molar refractivity (Wildman–Crippen MR) is 68.3 cm³/mol. The number of benzene rings is 1. The van der Waals surface area contributed by atoms with Crippen molar-refractivity contribution in [2.75, 3.05) is 11.8 Å². The summed E-state index contributed by atoms with van der Waals surface area (Å²) in [4.78, 5) is 0. The van der Waals surface area contributed by atoms with E-state index >= 15 is 0 Å². The fourth-order valence-electron chi connectivity index (χ4n) is 1.07. The number of hydrogen-bond donors (Lipinski definition) is 4. The number of nitrogens with zero attached hydrogens (tertiary/aromatic N) is 1. The summed E-state index contributed by atoms with van der Waals surface area (Å²) in [6.07, 6.45) is 0. The number of hydrogen-bond acceptors (Lipinski definition) is 4. The molecule has 0 fully saturated rings. The Hall–Kier alpha value is -1.32. The third-order valence-electron chi connectivity index (χ3n) is 1.88. The van der Waals surface area contributed by atoms with Crippen LogP contribution in [0.5, 0.6) is 0 Å². The Balaban J connectivity index is 3.25. The summed E-state index contributed by atoms with van der Waals surface area (Å²) in [5.74, 6) is -0.194. The van der Waals surface area contributed by atoms with Crippen molar-refractivity contribution >= 4 is 37.7 Å². The van der Waals surface area contributed by atoms with Crippen molar-refractivity contribution in [3.8, 4) is 0 Å². The first kappa shape index (κ1) is 13.7. The van der Waals surface area contributed by atoms with Crippen molar-refractivity contribution in [1.29, 1.82) is 0 Å². The van der Waals surface area contributed by atoms with E-state index in [4.69, 9.17) is 10.9 Å². The van der Waals surface area contributed by atoms with Crippen LogP contribution in [-0.4, -0.2) is 26.5 Å². The molecule has 0 atom stereocenters. The molecule has 0 amide bonds. The summed E-state index contributed by atoms with van der Waals surface area (Å²) in [6.45, 7) is 0. The topological polar surface area (TPSA) is 117 Å². The molecule has 0 spiro atoms. The molecule has 1 rings (SSSR count). The van der Waals surface area contributed by atoms with Gasteiger partial charge in [-0.1, -0.05) is 21.1 Å². The summed E-state index contributed by atoms with van der Waals surface area (Å²) >= 11 is 3.21. The zero-order chi connectivity index (χ0) is 13.1. The molecule has 0 bridgehead atoms. The van der Waals surface area contributed by atoms with Gasteiger partial charge in [0.25, 0.3) is 10.2 Å². The van der Waals surface area contributed by atoms with Gasteiger partial charge in [-0.25, -0.2) is 4.72 Å². The second kappa shape index (κ2) is 5.34. The molecule has 7 nitrogen and oxygen atoms in total. The largest absolute Gasteiger partial charge is 0.409 e. The highest BCUT2D eigenvalue weighted by molar-refractivity contribution is 9.10. The molecule has 17 heavy (non-hydrogen) atoms. The van der Waals surface area contributed by atoms with Gasteiger partial charge in [0.05, 0.1) is 5.69 Å². The highest BCUT2D eigenvalue weighted by atomic mass is 79.9. The van der Waals surface area contributed by atoms with Crippen molar-refractivity contribution in [1.82, 2.24) is 4.72 Å². The van der Waals surface area contributed by atoms with Crippen molar-refractivity contribution in [2.24, 2.45) is 10.9 Å². The first-order chi connectivity index (χ1) is 7.89. The first-order valence-electron chi connectivity index (χ1n) is 4.38. The molecule has 0 aliphatic heterocycles. The van der Waals surface area contributed by atoms with Gasteiger partial charge in [0.2, 0.25) is 0 Å². The minimum Gasteiger partial charge on any atom is -0.409 e. The Morgan fingerprint density at radius 3 is 2.71 bits per heavy atom. The molecule has 9 heteroatoms. The lowest BCUT2D eigenvalue weighted by Crippen LogP contribution is -2.28. The molecular weight excluding hydrogens is 312 g/mol. The molecule has 0 saturated heterocycles. The fraction of sp³-hybridized carbons (Fsp3) is 0.125. The standard InChI is InChI=1S/C8H11BrN4O3S/c1-11-17(15,16)13-7-3-2-5(9)4-6(7)8(10)12-14/h2-4,11,13-14H,1H3,(H2,10,12). The fourth-order valence-corrected chi connectivity index (χ4v) is 2.00. The average molecular weight is 323 g/mol. The lowest BCUT2D eigenvalue weighted by Gasteiger charge is -2.11. The Bertz CT molecular complexity index is 544. The van der Waals surface area contributed by atoms with Gasteiger partial charge in [-0.2, -0.15) is 8.42 Å². The van der Waals surface area contributed by atoms with Crippen LogP contribution >= 0.6 is 15.9 Å². The van der Waals surface area contributed by atoms with Crippen LogP contribution in [0, 0.1) is 0 Å². The SMILES string of the molecule is CNS(=O)(=O)Nc1ccc(Br)cc1/C(N)=N/O. The minimum absolute atomic E-state index is 0.194. The van der Waals surface area contributed by atoms with Crippen LogP contribution in [0.3, 0.4) is 0 Å². The zero-order valence-corrected chi connectivity index (χ0v) is 11.2. The molecule has 94 valence electrons. The number of halogens is 1. The van der Waals surface area contributed by atoms with E-state index in [-0.39, 0.29) is 17.1 Å². The summed E-state index contributed by atoms with van der Waals surface area (Å²) < 4.78 is 27.7. The van der Waals surface area contributed by atoms with Gasteiger partial charge in [0.1, 0.15) is 0 Å². The highest BCUT2D eigenvalue weighted by Crippen LogP contribution is 2.21. The second-order valence-electron chi connectivity index (χ2n) is 2.98. The van der Waals surface area contributed by atoms with Crippen LogP contribution < -0.4 is 15.2 Å². The van der Waals surface area contributed by atoms with Gasteiger partial charge in [0, 0.05) is 17.1 Å². The van der Waals surface area contributed by atoms with Crippen LogP contribution in [0.4, 0.5) is 5.69 Å². The van der Waals surface area contributed by atoms with Crippen molar-refractivity contribution in [2.45, 2.75) is 0 Å². The smallest absolute Gasteiger partial charge is 0.298 e. The van der Waals surface area contributed by atoms with E-state index in [0.29, 0.717) is 4.47 Å². The number of amidine groups is 1. The van der Waals surface area contributed by atoms with Crippen LogP contribution in [0.1, 0.15) is 5.56 Å². The number of nitrogens with two attached hydrogens (primary N) is 1. The molecule has 0 radical (unpaired) electrons. The van der Waals surface area contributed by atoms with Crippen LogP contribution in [0.2, 0.25) is 0 Å². The highest BCUT2D eigenvalue weighted by Gasteiger charge is 2.13. The molecule has 0 heterocycles. The molecule has 0 aromatic heterocycles. The van der Waals surface area contributed by atoms with E-state index in [1.807, 2.05) is 0 Å². The van der Waals surface area contributed by atoms with E-state index in [1.54, 1.807) is 6.07 Å². The number of oxime groups is 1. The van der Waals surface area contributed by atoms with E-state index in [2.05, 4.69) is 30.5 Å². The van der Waals surface area contributed by atoms with Crippen molar-refractivity contribution < 1.29 is 13.6 Å². The maximum Gasteiger partial charge on any atom is 0.298 e. The maximum absolute atomic E-state index is 11.3. The molecule has 0 unspecified atom stereocenters. The Kier molecular flexibility index (Phi) is 4.32. The van der Waals surface area contributed by atoms with E-state index in [0.717, 1.165) is 0 Å². The number of nitrogens with one attached hydrogen (secondary N) is 2. The van der Waals surface area contributed by atoms with E-state index in [9.17, 15) is 8.42 Å². The monoisotopic (exact) mass is 322 g/mol. The average Bonchev–Trinajstić information content (AvgIpc) is 2.30. The molecule has 1 aromatic carbocycles. The van der Waals surface area contributed by atoms with Gasteiger partial charge < -0.3 is 10.9 Å². The summed E-state index contributed by atoms with van der Waals surface area (Å²) in [7, 11) is -2.39. The molecule has 0 aliphatic rings. The Morgan fingerprint density at radius 1 is 1.53 bits per heavy atom. The lowest BCUT2D eigenvalue weighted by molar-refractivity contribution is 0.318. The zero-order valence-electron chi connectivity index (χ0n) is 8.81. The number of anilines is 1.